The third-order valence-electron chi connectivity index (χ3n) is 4.23. The van der Waals surface area contributed by atoms with E-state index < -0.39 is 5.92 Å². The van der Waals surface area contributed by atoms with Crippen molar-refractivity contribution in [1.82, 2.24) is 0 Å². The van der Waals surface area contributed by atoms with E-state index in [9.17, 15) is 4.79 Å². The van der Waals surface area contributed by atoms with Crippen molar-refractivity contribution in [3.63, 3.8) is 0 Å². The summed E-state index contributed by atoms with van der Waals surface area (Å²) in [5.41, 5.74) is 0. The number of unbranched alkanes of at least 4 members (excludes halogenated alkanes) is 10. The van der Waals surface area contributed by atoms with Gasteiger partial charge in [-0.05, 0) is 32.6 Å². The zero-order valence-electron chi connectivity index (χ0n) is 15.9. The van der Waals surface area contributed by atoms with Gasteiger partial charge in [-0.3, -0.25) is 4.79 Å². The van der Waals surface area contributed by atoms with Crippen molar-refractivity contribution in [1.29, 1.82) is 5.26 Å². The highest BCUT2D eigenvalue weighted by molar-refractivity contribution is 5.75. The van der Waals surface area contributed by atoms with Gasteiger partial charge in [0.15, 0.2) is 0 Å². The average Bonchev–Trinajstić information content (AvgIpc) is 2.58. The Morgan fingerprint density at radius 3 is 2.00 bits per heavy atom. The number of nitrogens with zero attached hydrogens (tertiary/aromatic N) is 1. The summed E-state index contributed by atoms with van der Waals surface area (Å²) < 4.78 is 4.90. The second-order valence-corrected chi connectivity index (χ2v) is 6.45. The maximum absolute atomic E-state index is 11.5. The van der Waals surface area contributed by atoms with Crippen molar-refractivity contribution in [2.75, 3.05) is 6.61 Å². The lowest BCUT2D eigenvalue weighted by Gasteiger charge is -2.07. The molecule has 138 valence electrons. The lowest BCUT2D eigenvalue weighted by molar-refractivity contribution is -0.146. The Kier molecular flexibility index (Phi) is 17.1. The highest BCUT2D eigenvalue weighted by atomic mass is 16.5. The Labute approximate surface area is 149 Å². The van der Waals surface area contributed by atoms with E-state index >= 15 is 0 Å². The third kappa shape index (κ3) is 14.3. The van der Waals surface area contributed by atoms with Crippen LogP contribution in [-0.2, 0) is 9.53 Å². The molecule has 24 heavy (non-hydrogen) atoms. The molecule has 0 saturated carbocycles. The van der Waals surface area contributed by atoms with Crippen LogP contribution in [0.2, 0.25) is 0 Å². The fraction of sp³-hybridized carbons (Fsp3) is 0.810. The van der Waals surface area contributed by atoms with Crippen LogP contribution in [0, 0.1) is 17.2 Å². The Bertz CT molecular complexity index is 357. The number of esters is 1. The molecular weight excluding hydrogens is 298 g/mol. The first-order valence-corrected chi connectivity index (χ1v) is 9.97. The monoisotopic (exact) mass is 335 g/mol. The van der Waals surface area contributed by atoms with Gasteiger partial charge < -0.3 is 4.74 Å². The summed E-state index contributed by atoms with van der Waals surface area (Å²) in [6.07, 6.45) is 20.2. The van der Waals surface area contributed by atoms with Crippen molar-refractivity contribution < 1.29 is 9.53 Å². The van der Waals surface area contributed by atoms with Crippen LogP contribution in [0.1, 0.15) is 97.3 Å². The minimum atomic E-state index is -0.574. The summed E-state index contributed by atoms with van der Waals surface area (Å²) in [5.74, 6) is -0.931. The van der Waals surface area contributed by atoms with Gasteiger partial charge in [0.2, 0.25) is 0 Å². The summed E-state index contributed by atoms with van der Waals surface area (Å²) >= 11 is 0. The van der Waals surface area contributed by atoms with Gasteiger partial charge in [-0.1, -0.05) is 76.9 Å². The normalized spacial score (nSPS) is 12.2. The lowest BCUT2D eigenvalue weighted by Crippen LogP contribution is -2.16. The second kappa shape index (κ2) is 18.0. The Morgan fingerprint density at radius 2 is 1.46 bits per heavy atom. The maximum Gasteiger partial charge on any atom is 0.323 e. The van der Waals surface area contributed by atoms with E-state index in [0.717, 1.165) is 12.8 Å². The zero-order chi connectivity index (χ0) is 17.9. The molecule has 0 aliphatic carbocycles. The molecule has 0 aliphatic rings. The van der Waals surface area contributed by atoms with Crippen LogP contribution in [0.5, 0.6) is 0 Å². The number of carbonyl (C=O) groups is 1. The number of hydrogen-bond donors (Lipinski definition) is 0. The first-order chi connectivity index (χ1) is 11.8. The van der Waals surface area contributed by atoms with Crippen LogP contribution >= 0.6 is 0 Å². The predicted octanol–water partition coefficient (Wildman–Crippen LogP) is 6.34. The van der Waals surface area contributed by atoms with Crippen molar-refractivity contribution >= 4 is 5.97 Å². The molecule has 0 saturated heterocycles. The van der Waals surface area contributed by atoms with Gasteiger partial charge in [0.05, 0.1) is 12.7 Å². The van der Waals surface area contributed by atoms with Crippen LogP contribution in [0.4, 0.5) is 0 Å². The van der Waals surface area contributed by atoms with Gasteiger partial charge in [-0.15, -0.1) is 0 Å². The SMILES string of the molecule is CCCC/C=C\CCCCCCCCCCC(C#N)C(=O)OCC. The summed E-state index contributed by atoms with van der Waals surface area (Å²) in [7, 11) is 0. The maximum atomic E-state index is 11.5. The van der Waals surface area contributed by atoms with Gasteiger partial charge in [-0.25, -0.2) is 0 Å². The Morgan fingerprint density at radius 1 is 0.917 bits per heavy atom. The molecule has 0 aromatic carbocycles. The number of ether oxygens (including phenoxy) is 1. The molecule has 3 heteroatoms. The minimum absolute atomic E-state index is 0.353. The lowest BCUT2D eigenvalue weighted by atomic mass is 10.0. The largest absolute Gasteiger partial charge is 0.465 e. The number of hydrogen-bond acceptors (Lipinski definition) is 3. The first-order valence-electron chi connectivity index (χ1n) is 9.97. The Balaban J connectivity index is 3.35. The van der Waals surface area contributed by atoms with Crippen molar-refractivity contribution in [3.8, 4) is 6.07 Å². The van der Waals surface area contributed by atoms with Gasteiger partial charge >= 0.3 is 5.97 Å². The fourth-order valence-corrected chi connectivity index (χ4v) is 2.71. The minimum Gasteiger partial charge on any atom is -0.465 e. The summed E-state index contributed by atoms with van der Waals surface area (Å²) in [6, 6.07) is 2.05. The number of allylic oxidation sites excluding steroid dienone is 2. The van der Waals surface area contributed by atoms with E-state index in [1.54, 1.807) is 6.92 Å². The molecular formula is C21H37NO2. The number of nitriles is 1. The van der Waals surface area contributed by atoms with Crippen LogP contribution in [0.25, 0.3) is 0 Å². The number of rotatable bonds is 16. The van der Waals surface area contributed by atoms with E-state index in [1.165, 1.54) is 64.2 Å². The van der Waals surface area contributed by atoms with E-state index in [-0.39, 0.29) is 5.97 Å². The molecule has 0 radical (unpaired) electrons. The molecule has 0 aromatic heterocycles. The number of carbonyl (C=O) groups excluding carboxylic acids is 1. The molecule has 0 aromatic rings. The fourth-order valence-electron chi connectivity index (χ4n) is 2.71. The predicted molar refractivity (Wildman–Crippen MR) is 101 cm³/mol. The molecule has 3 nitrogen and oxygen atoms in total. The molecule has 0 fully saturated rings. The molecule has 0 rings (SSSR count). The van der Waals surface area contributed by atoms with E-state index in [1.807, 2.05) is 0 Å². The summed E-state index contributed by atoms with van der Waals surface area (Å²) in [5, 5.41) is 8.97. The highest BCUT2D eigenvalue weighted by Crippen LogP contribution is 2.14. The van der Waals surface area contributed by atoms with Gasteiger partial charge in [0.1, 0.15) is 5.92 Å². The Hall–Kier alpha value is -1.30. The summed E-state index contributed by atoms with van der Waals surface area (Å²) in [6.45, 7) is 4.36. The summed E-state index contributed by atoms with van der Waals surface area (Å²) in [4.78, 5) is 11.5. The van der Waals surface area contributed by atoms with Crippen molar-refractivity contribution in [2.45, 2.75) is 97.3 Å². The van der Waals surface area contributed by atoms with Crippen LogP contribution in [0.3, 0.4) is 0 Å². The van der Waals surface area contributed by atoms with E-state index in [2.05, 4.69) is 25.1 Å². The van der Waals surface area contributed by atoms with Crippen molar-refractivity contribution in [3.05, 3.63) is 12.2 Å². The van der Waals surface area contributed by atoms with Gasteiger partial charge in [0, 0.05) is 0 Å². The first kappa shape index (κ1) is 22.7. The topological polar surface area (TPSA) is 50.1 Å². The smallest absolute Gasteiger partial charge is 0.323 e. The molecule has 0 bridgehead atoms. The quantitative estimate of drug-likeness (QED) is 0.188. The highest BCUT2D eigenvalue weighted by Gasteiger charge is 2.18. The molecule has 1 unspecified atom stereocenters. The molecule has 0 aliphatic heterocycles. The molecule has 0 heterocycles. The molecule has 1 atom stereocenters. The van der Waals surface area contributed by atoms with Gasteiger partial charge in [-0.2, -0.15) is 5.26 Å². The second-order valence-electron chi connectivity index (χ2n) is 6.45. The zero-order valence-corrected chi connectivity index (χ0v) is 15.9. The third-order valence-corrected chi connectivity index (χ3v) is 4.23. The van der Waals surface area contributed by atoms with E-state index in [0.29, 0.717) is 13.0 Å². The van der Waals surface area contributed by atoms with Crippen LogP contribution in [-0.4, -0.2) is 12.6 Å². The van der Waals surface area contributed by atoms with Crippen LogP contribution < -0.4 is 0 Å². The van der Waals surface area contributed by atoms with Crippen molar-refractivity contribution in [2.24, 2.45) is 5.92 Å². The molecule has 0 N–H and O–H groups in total. The molecule has 0 amide bonds. The molecule has 0 spiro atoms. The van der Waals surface area contributed by atoms with Gasteiger partial charge in [0.25, 0.3) is 0 Å². The van der Waals surface area contributed by atoms with Crippen LogP contribution in [0.15, 0.2) is 12.2 Å². The average molecular weight is 336 g/mol. The van der Waals surface area contributed by atoms with E-state index in [4.69, 9.17) is 10.00 Å². The standard InChI is InChI=1S/C21H37NO2/c1-3-5-6-7-8-9-10-11-12-13-14-15-16-17-18-20(19-22)21(23)24-4-2/h7-8,20H,3-6,9-18H2,1-2H3/b8-7-.